The van der Waals surface area contributed by atoms with Crippen LogP contribution in [0.3, 0.4) is 0 Å². The van der Waals surface area contributed by atoms with Gasteiger partial charge in [0.15, 0.2) is 0 Å². The van der Waals surface area contributed by atoms with Gasteiger partial charge in [-0.3, -0.25) is 14.3 Å². The van der Waals surface area contributed by atoms with Crippen molar-refractivity contribution >= 4 is 38.6 Å². The van der Waals surface area contributed by atoms with Gasteiger partial charge < -0.3 is 14.5 Å². The maximum Gasteiger partial charge on any atom is 0.344 e. The van der Waals surface area contributed by atoms with Crippen LogP contribution in [-0.2, 0) is 14.8 Å². The van der Waals surface area contributed by atoms with Crippen molar-refractivity contribution in [2.45, 2.75) is 43.2 Å². The molecular formula is C34H40ClN5O5S. The van der Waals surface area contributed by atoms with Gasteiger partial charge in [-0.15, -0.1) is 0 Å². The van der Waals surface area contributed by atoms with E-state index in [4.69, 9.17) is 16.3 Å². The van der Waals surface area contributed by atoms with E-state index in [2.05, 4.69) is 16.7 Å². The molecule has 1 atom stereocenters. The summed E-state index contributed by atoms with van der Waals surface area (Å²) in [5, 5.41) is 0.319. The lowest BCUT2D eigenvalue weighted by Crippen LogP contribution is -2.54. The predicted octanol–water partition coefficient (Wildman–Crippen LogP) is 4.31. The topological polar surface area (TPSA) is 97.1 Å². The van der Waals surface area contributed by atoms with Crippen LogP contribution in [-0.4, -0.2) is 96.5 Å². The van der Waals surface area contributed by atoms with E-state index in [0.717, 1.165) is 56.0 Å². The average molecular weight is 666 g/mol. The van der Waals surface area contributed by atoms with Crippen LogP contribution in [0, 0.1) is 0 Å². The molecule has 46 heavy (non-hydrogen) atoms. The molecule has 1 unspecified atom stereocenters. The highest BCUT2D eigenvalue weighted by molar-refractivity contribution is 7.90. The van der Waals surface area contributed by atoms with Gasteiger partial charge >= 0.3 is 5.69 Å². The molecule has 2 saturated heterocycles. The highest BCUT2D eigenvalue weighted by Crippen LogP contribution is 2.30. The predicted molar refractivity (Wildman–Crippen MR) is 179 cm³/mol. The molecule has 0 spiro atoms. The number of hydrogen-bond donors (Lipinski definition) is 0. The van der Waals surface area contributed by atoms with Crippen LogP contribution in [0.5, 0.6) is 5.75 Å². The number of piperidine rings is 1. The van der Waals surface area contributed by atoms with Gasteiger partial charge in [-0.05, 0) is 73.8 Å². The number of aromatic nitrogens is 2. The average Bonchev–Trinajstić information content (AvgIpc) is 3.37. The number of amides is 1. The quantitative estimate of drug-likeness (QED) is 0.263. The van der Waals surface area contributed by atoms with E-state index in [-0.39, 0.29) is 21.8 Å². The Hall–Kier alpha value is -3.64. The maximum atomic E-state index is 14.5. The number of carbonyl (C=O) groups is 1. The summed E-state index contributed by atoms with van der Waals surface area (Å²) in [5.74, 6) is 0.234. The smallest absolute Gasteiger partial charge is 0.344 e. The first-order chi connectivity index (χ1) is 22.2. The Morgan fingerprint density at radius 2 is 1.59 bits per heavy atom. The summed E-state index contributed by atoms with van der Waals surface area (Å²) in [4.78, 5) is 35.7. The molecule has 244 valence electrons. The number of ether oxygens (including phenoxy) is 1. The molecule has 2 aliphatic rings. The number of benzene rings is 3. The van der Waals surface area contributed by atoms with Crippen molar-refractivity contribution < 1.29 is 17.9 Å². The third-order valence-electron chi connectivity index (χ3n) is 9.24. The fourth-order valence-electron chi connectivity index (χ4n) is 6.83. The Kier molecular flexibility index (Phi) is 9.56. The molecule has 1 amide bonds. The van der Waals surface area contributed by atoms with Crippen LogP contribution in [0.1, 0.15) is 37.8 Å². The van der Waals surface area contributed by atoms with Gasteiger partial charge in [-0.2, -0.15) is 3.97 Å². The Morgan fingerprint density at radius 1 is 0.913 bits per heavy atom. The summed E-state index contributed by atoms with van der Waals surface area (Å²) in [5.41, 5.74) is 0.149. The molecule has 4 aromatic rings. The first kappa shape index (κ1) is 32.3. The Labute approximate surface area is 274 Å². The number of rotatable bonds is 9. The number of halogens is 1. The van der Waals surface area contributed by atoms with E-state index in [1.807, 2.05) is 23.1 Å². The van der Waals surface area contributed by atoms with E-state index in [1.54, 1.807) is 24.3 Å². The zero-order valence-electron chi connectivity index (χ0n) is 26.2. The fourth-order valence-corrected chi connectivity index (χ4v) is 8.39. The SMILES string of the molecule is CCCN1CCN(C2CCN(C(=O)C(c3ccccc3)n3c(=O)n(S(=O)(=O)c4ccc(OC)cc4)c4ccc(Cl)cc43)CC2)CC1. The molecule has 0 N–H and O–H groups in total. The number of methoxy groups -OCH3 is 1. The van der Waals surface area contributed by atoms with Gasteiger partial charge in [0.2, 0.25) is 5.91 Å². The minimum Gasteiger partial charge on any atom is -0.497 e. The minimum absolute atomic E-state index is 0.0791. The fraction of sp³-hybridized carbons (Fsp3) is 0.412. The van der Waals surface area contributed by atoms with E-state index in [9.17, 15) is 18.0 Å². The van der Waals surface area contributed by atoms with E-state index < -0.39 is 21.8 Å². The molecule has 10 nitrogen and oxygen atoms in total. The zero-order valence-corrected chi connectivity index (χ0v) is 27.8. The van der Waals surface area contributed by atoms with Gasteiger partial charge in [0, 0.05) is 50.3 Å². The summed E-state index contributed by atoms with van der Waals surface area (Å²) >= 11 is 6.42. The molecular weight excluding hydrogens is 626 g/mol. The van der Waals surface area contributed by atoms with Crippen molar-refractivity contribution in [3.63, 3.8) is 0 Å². The van der Waals surface area contributed by atoms with Gasteiger partial charge in [-0.25, -0.2) is 13.2 Å². The van der Waals surface area contributed by atoms with Crippen LogP contribution < -0.4 is 10.4 Å². The largest absolute Gasteiger partial charge is 0.497 e. The highest BCUT2D eigenvalue weighted by Gasteiger charge is 2.36. The molecule has 0 radical (unpaired) electrons. The van der Waals surface area contributed by atoms with Crippen molar-refractivity contribution in [3.05, 3.63) is 93.9 Å². The second-order valence-corrected chi connectivity index (χ2v) is 14.2. The van der Waals surface area contributed by atoms with Gasteiger partial charge in [0.25, 0.3) is 10.0 Å². The normalized spacial score (nSPS) is 17.8. The van der Waals surface area contributed by atoms with Gasteiger partial charge in [0.1, 0.15) is 11.8 Å². The molecule has 0 bridgehead atoms. The molecule has 6 rings (SSSR count). The summed E-state index contributed by atoms with van der Waals surface area (Å²) in [7, 11) is -2.87. The lowest BCUT2D eigenvalue weighted by molar-refractivity contribution is -0.135. The first-order valence-electron chi connectivity index (χ1n) is 15.8. The maximum absolute atomic E-state index is 14.5. The van der Waals surface area contributed by atoms with Crippen molar-refractivity contribution in [2.24, 2.45) is 0 Å². The molecule has 0 saturated carbocycles. The lowest BCUT2D eigenvalue weighted by atomic mass is 9.99. The standard InChI is InChI=1S/C34H40ClN5O5S/c1-3-17-36-20-22-37(23-21-36)27-15-18-38(19-16-27)33(41)32(25-7-5-4-6-8-25)39-31-24-26(35)9-14-30(31)40(34(39)42)46(43,44)29-12-10-28(45-2)11-13-29/h4-14,24,27,32H,3,15-23H2,1-2H3. The lowest BCUT2D eigenvalue weighted by Gasteiger charge is -2.43. The highest BCUT2D eigenvalue weighted by atomic mass is 35.5. The Bertz CT molecular complexity index is 1840. The molecule has 3 heterocycles. The second kappa shape index (κ2) is 13.6. The number of likely N-dealkylation sites (tertiary alicyclic amines) is 1. The first-order valence-corrected chi connectivity index (χ1v) is 17.7. The number of carbonyl (C=O) groups excluding carboxylic acids is 1. The number of piperazine rings is 1. The summed E-state index contributed by atoms with van der Waals surface area (Å²) in [6, 6.07) is 18.8. The zero-order chi connectivity index (χ0) is 32.4. The monoisotopic (exact) mass is 665 g/mol. The Balaban J connectivity index is 1.36. The summed E-state index contributed by atoms with van der Waals surface area (Å²) in [6.45, 7) is 8.65. The van der Waals surface area contributed by atoms with E-state index in [1.165, 1.54) is 42.0 Å². The van der Waals surface area contributed by atoms with Gasteiger partial charge in [-0.1, -0.05) is 48.9 Å². The molecule has 0 aliphatic carbocycles. The number of fused-ring (bicyclic) bond motifs is 1. The molecule has 2 aliphatic heterocycles. The Morgan fingerprint density at radius 3 is 2.22 bits per heavy atom. The van der Waals surface area contributed by atoms with Crippen LogP contribution in [0.15, 0.2) is 82.5 Å². The van der Waals surface area contributed by atoms with Crippen molar-refractivity contribution in [2.75, 3.05) is 52.9 Å². The second-order valence-electron chi connectivity index (χ2n) is 12.0. The van der Waals surface area contributed by atoms with E-state index >= 15 is 0 Å². The van der Waals surface area contributed by atoms with Crippen molar-refractivity contribution in [1.29, 1.82) is 0 Å². The van der Waals surface area contributed by atoms with Crippen LogP contribution >= 0.6 is 11.6 Å². The molecule has 3 aromatic carbocycles. The number of hydrogen-bond acceptors (Lipinski definition) is 7. The molecule has 1 aromatic heterocycles. The third-order valence-corrected chi connectivity index (χ3v) is 11.2. The third kappa shape index (κ3) is 6.21. The number of imidazole rings is 1. The van der Waals surface area contributed by atoms with Crippen LogP contribution in [0.4, 0.5) is 0 Å². The number of nitrogens with zero attached hydrogens (tertiary/aromatic N) is 5. The molecule has 2 fully saturated rings. The van der Waals surface area contributed by atoms with Crippen LogP contribution in [0.2, 0.25) is 5.02 Å². The van der Waals surface area contributed by atoms with Crippen molar-refractivity contribution in [3.8, 4) is 5.75 Å². The summed E-state index contributed by atoms with van der Waals surface area (Å²) < 4.78 is 35.3. The minimum atomic E-state index is -4.36. The van der Waals surface area contributed by atoms with E-state index in [0.29, 0.717) is 35.5 Å². The van der Waals surface area contributed by atoms with Gasteiger partial charge in [0.05, 0.1) is 23.0 Å². The van der Waals surface area contributed by atoms with Crippen molar-refractivity contribution in [1.82, 2.24) is 23.2 Å². The molecule has 12 heteroatoms. The summed E-state index contributed by atoms with van der Waals surface area (Å²) in [6.07, 6.45) is 2.84. The van der Waals surface area contributed by atoms with Crippen LogP contribution in [0.25, 0.3) is 11.0 Å².